The smallest absolute Gasteiger partial charge is 0.275 e. The van der Waals surface area contributed by atoms with Crippen LogP contribution in [-0.4, -0.2) is 21.3 Å². The van der Waals surface area contributed by atoms with Gasteiger partial charge in [0.15, 0.2) is 0 Å². The molecule has 1 aromatic heterocycles. The van der Waals surface area contributed by atoms with Crippen LogP contribution in [0.2, 0.25) is 0 Å². The van der Waals surface area contributed by atoms with Crippen molar-refractivity contribution in [3.63, 3.8) is 0 Å². The highest BCUT2D eigenvalue weighted by atomic mass is 79.9. The molecule has 0 saturated heterocycles. The molecule has 0 unspecified atom stereocenters. The molecule has 134 valence electrons. The molecule has 0 radical (unpaired) electrons. The number of aryl methyl sites for hydroxylation is 1. The van der Waals surface area contributed by atoms with Crippen LogP contribution in [0.25, 0.3) is 10.9 Å². The summed E-state index contributed by atoms with van der Waals surface area (Å²) in [5, 5.41) is 15.3. The maximum atomic E-state index is 12.4. The normalized spacial score (nSPS) is 11.8. The predicted octanol–water partition coefficient (Wildman–Crippen LogP) is 4.95. The number of amides is 1. The minimum Gasteiger partial charge on any atom is -0.507 e. The summed E-state index contributed by atoms with van der Waals surface area (Å²) in [5.41, 5.74) is 5.48. The Balaban J connectivity index is 1.92. The van der Waals surface area contributed by atoms with Crippen LogP contribution >= 0.6 is 31.9 Å². The number of hydrogen-bond acceptors (Lipinski definition) is 3. The third-order valence-corrected chi connectivity index (χ3v) is 5.12. The predicted molar refractivity (Wildman–Crippen MR) is 111 cm³/mol. The number of halogens is 2. The fourth-order valence-corrected chi connectivity index (χ4v) is 3.52. The first-order valence-electron chi connectivity index (χ1n) is 8.01. The summed E-state index contributed by atoms with van der Waals surface area (Å²) >= 11 is 6.78. The summed E-state index contributed by atoms with van der Waals surface area (Å²) in [5.74, 6) is -0.551. The van der Waals surface area contributed by atoms with E-state index in [0.717, 1.165) is 26.8 Å². The number of fused-ring (bicyclic) bond motifs is 1. The second kappa shape index (κ2) is 7.63. The minimum atomic E-state index is -0.462. The van der Waals surface area contributed by atoms with E-state index in [1.807, 2.05) is 42.8 Å². The zero-order chi connectivity index (χ0) is 18.8. The van der Waals surface area contributed by atoms with Crippen molar-refractivity contribution >= 4 is 54.4 Å². The van der Waals surface area contributed by atoms with E-state index in [2.05, 4.69) is 42.4 Å². The zero-order valence-electron chi connectivity index (χ0n) is 14.3. The number of nitrogens with one attached hydrogen (secondary N) is 1. The molecule has 0 aliphatic heterocycles. The average molecular weight is 479 g/mol. The number of hydrazone groups is 1. The number of carbonyl (C=O) groups excluding carboxylic acids is 1. The topological polar surface area (TPSA) is 66.6 Å². The first kappa shape index (κ1) is 18.7. The van der Waals surface area contributed by atoms with Gasteiger partial charge in [-0.25, -0.2) is 5.43 Å². The molecule has 0 bridgehead atoms. The lowest BCUT2D eigenvalue weighted by Crippen LogP contribution is -2.21. The van der Waals surface area contributed by atoms with Crippen molar-refractivity contribution in [2.24, 2.45) is 12.1 Å². The van der Waals surface area contributed by atoms with Gasteiger partial charge in [0.25, 0.3) is 5.91 Å². The monoisotopic (exact) mass is 477 g/mol. The van der Waals surface area contributed by atoms with Crippen LogP contribution in [0.1, 0.15) is 29.4 Å². The molecular formula is C19H17Br2N3O2. The zero-order valence-corrected chi connectivity index (χ0v) is 17.4. The van der Waals surface area contributed by atoms with Crippen LogP contribution in [0, 0.1) is 0 Å². The Bertz CT molecular complexity index is 1030. The molecule has 1 heterocycles. The molecule has 0 fully saturated rings. The van der Waals surface area contributed by atoms with Gasteiger partial charge in [-0.2, -0.15) is 5.10 Å². The quantitative estimate of drug-likeness (QED) is 0.411. The van der Waals surface area contributed by atoms with Crippen LogP contribution in [0.5, 0.6) is 5.75 Å². The van der Waals surface area contributed by atoms with Gasteiger partial charge in [-0.15, -0.1) is 0 Å². The molecule has 26 heavy (non-hydrogen) atoms. The van der Waals surface area contributed by atoms with Crippen molar-refractivity contribution in [3.05, 3.63) is 62.7 Å². The fourth-order valence-electron chi connectivity index (χ4n) is 2.78. The highest BCUT2D eigenvalue weighted by Gasteiger charge is 2.14. The average Bonchev–Trinajstić information content (AvgIpc) is 2.93. The van der Waals surface area contributed by atoms with Gasteiger partial charge in [-0.1, -0.05) is 38.8 Å². The van der Waals surface area contributed by atoms with E-state index in [9.17, 15) is 9.90 Å². The highest BCUT2D eigenvalue weighted by Crippen LogP contribution is 2.24. The first-order chi connectivity index (χ1) is 12.4. The number of hydrogen-bond donors (Lipinski definition) is 2. The molecule has 7 heteroatoms. The molecule has 0 aliphatic carbocycles. The Morgan fingerprint density at radius 1 is 1.15 bits per heavy atom. The molecule has 0 atom stereocenters. The van der Waals surface area contributed by atoms with Crippen molar-refractivity contribution < 1.29 is 9.90 Å². The van der Waals surface area contributed by atoms with E-state index in [1.54, 1.807) is 12.1 Å². The molecule has 1 amide bonds. The van der Waals surface area contributed by atoms with Crippen LogP contribution < -0.4 is 5.43 Å². The van der Waals surface area contributed by atoms with Crippen molar-refractivity contribution in [1.82, 2.24) is 9.99 Å². The molecular weight excluding hydrogens is 462 g/mol. The summed E-state index contributed by atoms with van der Waals surface area (Å²) in [6, 6.07) is 12.8. The number of aromatic nitrogens is 1. The van der Waals surface area contributed by atoms with Gasteiger partial charge in [-0.05, 0) is 48.9 Å². The van der Waals surface area contributed by atoms with E-state index >= 15 is 0 Å². The fraction of sp³-hybridized carbons (Fsp3) is 0.158. The number of benzene rings is 2. The lowest BCUT2D eigenvalue weighted by Gasteiger charge is -2.08. The first-order valence-corrected chi connectivity index (χ1v) is 9.60. The molecule has 0 saturated carbocycles. The lowest BCUT2D eigenvalue weighted by atomic mass is 10.2. The number of carbonyl (C=O) groups is 1. The number of phenols is 1. The number of aromatic hydroxyl groups is 1. The van der Waals surface area contributed by atoms with Crippen molar-refractivity contribution in [3.8, 4) is 5.75 Å². The van der Waals surface area contributed by atoms with Gasteiger partial charge in [0.05, 0.1) is 17.0 Å². The second-order valence-electron chi connectivity index (χ2n) is 5.81. The van der Waals surface area contributed by atoms with E-state index in [1.165, 1.54) is 6.07 Å². The van der Waals surface area contributed by atoms with Gasteiger partial charge in [-0.3, -0.25) is 4.79 Å². The summed E-state index contributed by atoms with van der Waals surface area (Å²) in [6.07, 6.45) is 0.649. The van der Waals surface area contributed by atoms with Gasteiger partial charge >= 0.3 is 0 Å². The molecule has 3 aromatic rings. The minimum absolute atomic E-state index is 0.0894. The van der Waals surface area contributed by atoms with E-state index in [-0.39, 0.29) is 11.3 Å². The van der Waals surface area contributed by atoms with Gasteiger partial charge in [0.2, 0.25) is 0 Å². The Kier molecular flexibility index (Phi) is 5.48. The number of rotatable bonds is 4. The largest absolute Gasteiger partial charge is 0.507 e. The van der Waals surface area contributed by atoms with Crippen LogP contribution in [-0.2, 0) is 7.05 Å². The maximum absolute atomic E-state index is 12.4. The molecule has 2 aromatic carbocycles. The SMILES string of the molecule is CC/C(=N/NC(=O)c1cc(Br)ccc1O)c1cc2cc(Br)ccc2n1C. The van der Waals surface area contributed by atoms with Gasteiger partial charge in [0, 0.05) is 26.9 Å². The Morgan fingerprint density at radius 3 is 2.58 bits per heavy atom. The summed E-state index contributed by atoms with van der Waals surface area (Å²) in [6.45, 7) is 1.98. The third kappa shape index (κ3) is 3.68. The molecule has 5 nitrogen and oxygen atoms in total. The molecule has 3 rings (SSSR count). The maximum Gasteiger partial charge on any atom is 0.275 e. The molecule has 0 spiro atoms. The van der Waals surface area contributed by atoms with Crippen molar-refractivity contribution in [1.29, 1.82) is 0 Å². The Morgan fingerprint density at radius 2 is 1.85 bits per heavy atom. The standard InChI is InChI=1S/C19H17Br2N3O2/c1-3-15(17-9-11-8-12(20)4-6-16(11)24(17)2)22-23-19(26)14-10-13(21)5-7-18(14)25/h4-10,25H,3H2,1-2H3,(H,23,26)/b22-15-. The molecule has 0 aliphatic rings. The third-order valence-electron chi connectivity index (χ3n) is 4.13. The van der Waals surface area contributed by atoms with E-state index in [4.69, 9.17) is 0 Å². The van der Waals surface area contributed by atoms with Crippen molar-refractivity contribution in [2.45, 2.75) is 13.3 Å². The number of nitrogens with zero attached hydrogens (tertiary/aromatic N) is 2. The van der Waals surface area contributed by atoms with Crippen LogP contribution in [0.4, 0.5) is 0 Å². The van der Waals surface area contributed by atoms with Gasteiger partial charge in [0.1, 0.15) is 5.75 Å². The van der Waals surface area contributed by atoms with Crippen LogP contribution in [0.3, 0.4) is 0 Å². The summed E-state index contributed by atoms with van der Waals surface area (Å²) in [4.78, 5) is 12.4. The Hall–Kier alpha value is -2.12. The highest BCUT2D eigenvalue weighted by molar-refractivity contribution is 9.10. The van der Waals surface area contributed by atoms with E-state index in [0.29, 0.717) is 10.9 Å². The molecule has 2 N–H and O–H groups in total. The van der Waals surface area contributed by atoms with Crippen molar-refractivity contribution in [2.75, 3.05) is 0 Å². The Labute approximate surface area is 168 Å². The van der Waals surface area contributed by atoms with Crippen LogP contribution in [0.15, 0.2) is 56.5 Å². The number of phenolic OH excluding ortho intramolecular Hbond substituents is 1. The summed E-state index contributed by atoms with van der Waals surface area (Å²) in [7, 11) is 1.97. The second-order valence-corrected chi connectivity index (χ2v) is 7.64. The van der Waals surface area contributed by atoms with Gasteiger partial charge < -0.3 is 9.67 Å². The lowest BCUT2D eigenvalue weighted by molar-refractivity contribution is 0.0952. The summed E-state index contributed by atoms with van der Waals surface area (Å²) < 4.78 is 3.77. The van der Waals surface area contributed by atoms with E-state index < -0.39 is 5.91 Å².